The van der Waals surface area contributed by atoms with Gasteiger partial charge in [-0.3, -0.25) is 19.2 Å². The molecule has 1 heterocycles. The first-order chi connectivity index (χ1) is 22.0. The summed E-state index contributed by atoms with van der Waals surface area (Å²) in [6.45, 7) is 11.5. The molecule has 0 N–H and O–H groups in total. The van der Waals surface area contributed by atoms with Gasteiger partial charge in [-0.15, -0.1) is 5.10 Å². The number of hydrogen-bond acceptors (Lipinski definition) is 10. The molecule has 0 aliphatic rings. The summed E-state index contributed by atoms with van der Waals surface area (Å²) in [5.41, 5.74) is -2.90. The molecule has 47 heavy (non-hydrogen) atoms. The largest absolute Gasteiger partial charge is 0.459 e. The van der Waals surface area contributed by atoms with Gasteiger partial charge in [0.15, 0.2) is 11.2 Å². The Kier molecular flexibility index (Phi) is 10.1. The zero-order chi connectivity index (χ0) is 34.6. The average Bonchev–Trinajstić information content (AvgIpc) is 2.99. The van der Waals surface area contributed by atoms with Gasteiger partial charge in [0.25, 0.3) is 5.56 Å². The number of benzene rings is 3. The number of carbonyl (C=O) groups excluding carboxylic acids is 4. The average molecular weight is 642 g/mol. The fraction of sp³-hybridized carbons (Fsp3) is 0.361. The molecular formula is C36H39N3O8. The maximum absolute atomic E-state index is 14.0. The maximum Gasteiger partial charge on any atom is 0.343 e. The van der Waals surface area contributed by atoms with E-state index in [1.165, 1.54) is 24.3 Å². The molecular weight excluding hydrogens is 602 g/mol. The summed E-state index contributed by atoms with van der Waals surface area (Å²) < 4.78 is 17.9. The highest BCUT2D eigenvalue weighted by atomic mass is 16.6. The number of rotatable bonds is 10. The Morgan fingerprint density at radius 3 is 1.94 bits per heavy atom. The van der Waals surface area contributed by atoms with Crippen molar-refractivity contribution in [3.8, 4) is 5.75 Å². The van der Waals surface area contributed by atoms with E-state index in [9.17, 15) is 24.0 Å². The van der Waals surface area contributed by atoms with Crippen LogP contribution in [0.2, 0.25) is 0 Å². The Morgan fingerprint density at radius 2 is 1.36 bits per heavy atom. The van der Waals surface area contributed by atoms with Crippen LogP contribution in [0.3, 0.4) is 0 Å². The number of ketones is 1. The van der Waals surface area contributed by atoms with E-state index < -0.39 is 52.3 Å². The number of fused-ring (bicyclic) bond motifs is 1. The fourth-order valence-electron chi connectivity index (χ4n) is 4.73. The van der Waals surface area contributed by atoms with Crippen LogP contribution in [0, 0.1) is 12.3 Å². The molecule has 0 saturated carbocycles. The second kappa shape index (κ2) is 13.7. The van der Waals surface area contributed by atoms with Crippen molar-refractivity contribution in [1.29, 1.82) is 0 Å². The lowest BCUT2D eigenvalue weighted by atomic mass is 9.78. The first kappa shape index (κ1) is 34.7. The van der Waals surface area contributed by atoms with E-state index in [1.807, 2.05) is 13.0 Å². The number of carbonyl (C=O) groups is 4. The van der Waals surface area contributed by atoms with Crippen molar-refractivity contribution in [1.82, 2.24) is 15.0 Å². The molecule has 246 valence electrons. The van der Waals surface area contributed by atoms with Crippen LogP contribution < -0.4 is 10.3 Å². The molecule has 4 aromatic rings. The minimum absolute atomic E-state index is 0.152. The predicted molar refractivity (Wildman–Crippen MR) is 174 cm³/mol. The standard InChI is InChI=1S/C36H39N3O8/c1-23-13-18-28-27(21-23)30(41)39(38-37-28)20-19-36(32(43)46-34(2,3)4,33(44)47-35(5,6)7)22-29(40)24-14-16-26(17-15-24)45-31(42)25-11-9-8-10-12-25/h8-18,21H,19-20,22H2,1-7H3. The zero-order valence-corrected chi connectivity index (χ0v) is 27.7. The van der Waals surface area contributed by atoms with E-state index in [0.29, 0.717) is 16.5 Å². The lowest BCUT2D eigenvalue weighted by Crippen LogP contribution is -2.49. The first-order valence-corrected chi connectivity index (χ1v) is 15.2. The van der Waals surface area contributed by atoms with E-state index in [4.69, 9.17) is 14.2 Å². The molecule has 4 rings (SSSR count). The van der Waals surface area contributed by atoms with Crippen molar-refractivity contribution in [3.63, 3.8) is 0 Å². The van der Waals surface area contributed by atoms with E-state index in [1.54, 1.807) is 84.0 Å². The topological polar surface area (TPSA) is 144 Å². The summed E-state index contributed by atoms with van der Waals surface area (Å²) in [7, 11) is 0. The van der Waals surface area contributed by atoms with Gasteiger partial charge in [-0.1, -0.05) is 35.0 Å². The van der Waals surface area contributed by atoms with Crippen molar-refractivity contribution in [2.24, 2.45) is 5.41 Å². The number of aromatic nitrogens is 3. The number of esters is 3. The number of nitrogens with zero attached hydrogens (tertiary/aromatic N) is 3. The molecule has 0 spiro atoms. The molecule has 0 amide bonds. The minimum atomic E-state index is -2.15. The normalized spacial score (nSPS) is 12.0. The molecule has 0 bridgehead atoms. The molecule has 0 radical (unpaired) electrons. The van der Waals surface area contributed by atoms with Crippen LogP contribution in [-0.2, 0) is 25.6 Å². The highest BCUT2D eigenvalue weighted by molar-refractivity contribution is 6.08. The van der Waals surface area contributed by atoms with Crippen LogP contribution in [0.15, 0.2) is 77.6 Å². The van der Waals surface area contributed by atoms with Crippen LogP contribution >= 0.6 is 0 Å². The van der Waals surface area contributed by atoms with Gasteiger partial charge in [-0.25, -0.2) is 9.48 Å². The van der Waals surface area contributed by atoms with Crippen LogP contribution in [0.4, 0.5) is 0 Å². The summed E-state index contributed by atoms with van der Waals surface area (Å²) in [4.78, 5) is 67.6. The molecule has 0 unspecified atom stereocenters. The lowest BCUT2D eigenvalue weighted by molar-refractivity contribution is -0.186. The molecule has 11 heteroatoms. The monoisotopic (exact) mass is 641 g/mol. The van der Waals surface area contributed by atoms with Gasteiger partial charge in [-0.2, -0.15) is 0 Å². The predicted octanol–water partition coefficient (Wildman–Crippen LogP) is 5.65. The van der Waals surface area contributed by atoms with Gasteiger partial charge in [0.1, 0.15) is 22.5 Å². The molecule has 0 aliphatic carbocycles. The Bertz CT molecular complexity index is 1820. The summed E-state index contributed by atoms with van der Waals surface area (Å²) in [6.07, 6.45) is -0.976. The van der Waals surface area contributed by atoms with Crippen LogP contribution in [0.25, 0.3) is 10.9 Å². The lowest BCUT2D eigenvalue weighted by Gasteiger charge is -2.34. The molecule has 0 fully saturated rings. The van der Waals surface area contributed by atoms with Crippen LogP contribution in [-0.4, -0.2) is 49.9 Å². The quantitative estimate of drug-likeness (QED) is 0.0922. The van der Waals surface area contributed by atoms with Gasteiger partial charge in [0.05, 0.1) is 10.9 Å². The van der Waals surface area contributed by atoms with E-state index in [0.717, 1.165) is 10.2 Å². The summed E-state index contributed by atoms with van der Waals surface area (Å²) in [5.74, 6) is -2.89. The Hall–Kier alpha value is -5.19. The highest BCUT2D eigenvalue weighted by Gasteiger charge is 2.52. The number of ether oxygens (including phenoxy) is 3. The second-order valence-electron chi connectivity index (χ2n) is 13.4. The zero-order valence-electron chi connectivity index (χ0n) is 27.7. The number of Topliss-reactive ketones (excluding diaryl/α,β-unsaturated/α-hetero) is 1. The van der Waals surface area contributed by atoms with Gasteiger partial charge in [-0.05, 0) is 103 Å². The molecule has 0 saturated heterocycles. The third-order valence-corrected chi connectivity index (χ3v) is 7.07. The third-order valence-electron chi connectivity index (χ3n) is 7.07. The summed E-state index contributed by atoms with van der Waals surface area (Å²) in [6, 6.07) is 19.4. The summed E-state index contributed by atoms with van der Waals surface area (Å²) in [5, 5.41) is 8.47. The molecule has 1 aromatic heterocycles. The second-order valence-corrected chi connectivity index (χ2v) is 13.4. The smallest absolute Gasteiger partial charge is 0.343 e. The number of hydrogen-bond donors (Lipinski definition) is 0. The van der Waals surface area contributed by atoms with Crippen molar-refractivity contribution in [2.45, 2.75) is 79.1 Å². The van der Waals surface area contributed by atoms with Crippen molar-refractivity contribution in [3.05, 3.63) is 99.8 Å². The highest BCUT2D eigenvalue weighted by Crippen LogP contribution is 2.36. The van der Waals surface area contributed by atoms with Crippen molar-refractivity contribution >= 4 is 34.6 Å². The Balaban J connectivity index is 1.69. The number of aryl methyl sites for hydroxylation is 2. The van der Waals surface area contributed by atoms with Gasteiger partial charge < -0.3 is 14.2 Å². The Labute approximate surface area is 272 Å². The van der Waals surface area contributed by atoms with E-state index in [-0.39, 0.29) is 24.3 Å². The maximum atomic E-state index is 14.0. The van der Waals surface area contributed by atoms with Crippen LogP contribution in [0.5, 0.6) is 5.75 Å². The first-order valence-electron chi connectivity index (χ1n) is 15.2. The van der Waals surface area contributed by atoms with Gasteiger partial charge in [0, 0.05) is 18.5 Å². The van der Waals surface area contributed by atoms with Gasteiger partial charge >= 0.3 is 17.9 Å². The summed E-state index contributed by atoms with van der Waals surface area (Å²) >= 11 is 0. The van der Waals surface area contributed by atoms with Gasteiger partial charge in [0.2, 0.25) is 0 Å². The molecule has 0 atom stereocenters. The van der Waals surface area contributed by atoms with E-state index >= 15 is 0 Å². The molecule has 3 aromatic carbocycles. The fourth-order valence-corrected chi connectivity index (χ4v) is 4.73. The van der Waals surface area contributed by atoms with Crippen LogP contribution in [0.1, 0.15) is 80.7 Å². The van der Waals surface area contributed by atoms with Crippen molar-refractivity contribution < 1.29 is 33.4 Å². The third kappa shape index (κ3) is 8.75. The van der Waals surface area contributed by atoms with Crippen molar-refractivity contribution in [2.75, 3.05) is 0 Å². The molecule has 0 aliphatic heterocycles. The molecule has 11 nitrogen and oxygen atoms in total. The SMILES string of the molecule is Cc1ccc2nnn(CCC(CC(=O)c3ccc(OC(=O)c4ccccc4)cc3)(C(=O)OC(C)(C)C)C(=O)OC(C)(C)C)c(=O)c2c1. The Morgan fingerprint density at radius 1 is 0.766 bits per heavy atom. The minimum Gasteiger partial charge on any atom is -0.459 e. The van der Waals surface area contributed by atoms with E-state index in [2.05, 4.69) is 10.3 Å².